The van der Waals surface area contributed by atoms with Crippen LogP contribution in [-0.2, 0) is 4.79 Å². The molecule has 0 bridgehead atoms. The Kier molecular flexibility index (Phi) is 4.81. The molecule has 0 aliphatic heterocycles. The molecule has 1 saturated carbocycles. The minimum absolute atomic E-state index is 0.241. The second-order valence-corrected chi connectivity index (χ2v) is 5.24. The lowest BCUT2D eigenvalue weighted by Gasteiger charge is -2.26. The standard InChI is InChI=1S/C10H18O2S/c1-8(12)13-10-4-2-9(3-5-10)6-7-11/h9-11H,2-7H2,1H3. The first-order chi connectivity index (χ1) is 6.22. The van der Waals surface area contributed by atoms with Crippen LogP contribution in [0.4, 0.5) is 0 Å². The highest BCUT2D eigenvalue weighted by Gasteiger charge is 2.21. The molecule has 0 radical (unpaired) electrons. The summed E-state index contributed by atoms with van der Waals surface area (Å²) < 4.78 is 0. The molecule has 0 spiro atoms. The van der Waals surface area contributed by atoms with E-state index in [1.54, 1.807) is 6.92 Å². The number of aliphatic hydroxyl groups excluding tert-OH is 1. The third-order valence-corrected chi connectivity index (χ3v) is 3.80. The van der Waals surface area contributed by atoms with E-state index < -0.39 is 0 Å². The Hall–Kier alpha value is -0.0200. The van der Waals surface area contributed by atoms with Crippen LogP contribution < -0.4 is 0 Å². The molecule has 2 nitrogen and oxygen atoms in total. The van der Waals surface area contributed by atoms with Gasteiger partial charge in [0.1, 0.15) is 0 Å². The summed E-state index contributed by atoms with van der Waals surface area (Å²) in [4.78, 5) is 10.8. The molecule has 0 aromatic heterocycles. The lowest BCUT2D eigenvalue weighted by Crippen LogP contribution is -2.17. The summed E-state index contributed by atoms with van der Waals surface area (Å²) in [7, 11) is 0. The van der Waals surface area contributed by atoms with Gasteiger partial charge in [0.15, 0.2) is 5.12 Å². The number of rotatable bonds is 3. The Morgan fingerprint density at radius 3 is 2.46 bits per heavy atom. The van der Waals surface area contributed by atoms with Gasteiger partial charge in [0, 0.05) is 18.8 Å². The highest BCUT2D eigenvalue weighted by atomic mass is 32.2. The number of thioether (sulfide) groups is 1. The molecule has 3 heteroatoms. The number of hydrogen-bond donors (Lipinski definition) is 1. The summed E-state index contributed by atoms with van der Waals surface area (Å²) in [5.74, 6) is 0.703. The second-order valence-electron chi connectivity index (χ2n) is 3.76. The zero-order chi connectivity index (χ0) is 9.68. The van der Waals surface area contributed by atoms with Crippen molar-refractivity contribution in [2.24, 2.45) is 5.92 Å². The van der Waals surface area contributed by atoms with Crippen molar-refractivity contribution in [1.82, 2.24) is 0 Å². The summed E-state index contributed by atoms with van der Waals surface area (Å²) >= 11 is 1.49. The lowest BCUT2D eigenvalue weighted by molar-refractivity contribution is -0.109. The normalized spacial score (nSPS) is 28.8. The highest BCUT2D eigenvalue weighted by molar-refractivity contribution is 8.14. The van der Waals surface area contributed by atoms with Gasteiger partial charge >= 0.3 is 0 Å². The molecule has 1 aliphatic carbocycles. The van der Waals surface area contributed by atoms with Crippen LogP contribution in [0.3, 0.4) is 0 Å². The first-order valence-corrected chi connectivity index (χ1v) is 5.88. The molecule has 0 aromatic carbocycles. The molecule has 1 aliphatic rings. The van der Waals surface area contributed by atoms with Gasteiger partial charge in [-0.1, -0.05) is 11.8 Å². The van der Waals surface area contributed by atoms with E-state index in [1.165, 1.54) is 24.6 Å². The molecule has 0 saturated heterocycles. The summed E-state index contributed by atoms with van der Waals surface area (Å²) in [5.41, 5.74) is 0. The van der Waals surface area contributed by atoms with Gasteiger partial charge in [-0.05, 0) is 38.0 Å². The monoisotopic (exact) mass is 202 g/mol. The van der Waals surface area contributed by atoms with Gasteiger partial charge in [0.2, 0.25) is 0 Å². The van der Waals surface area contributed by atoms with E-state index in [0.29, 0.717) is 17.8 Å². The Morgan fingerprint density at radius 2 is 2.00 bits per heavy atom. The summed E-state index contributed by atoms with van der Waals surface area (Å²) in [6, 6.07) is 0. The number of carbonyl (C=O) groups excluding carboxylic acids is 1. The van der Waals surface area contributed by atoms with Crippen LogP contribution in [0.25, 0.3) is 0 Å². The highest BCUT2D eigenvalue weighted by Crippen LogP contribution is 2.33. The van der Waals surface area contributed by atoms with Gasteiger partial charge in [0.05, 0.1) is 0 Å². The van der Waals surface area contributed by atoms with E-state index >= 15 is 0 Å². The lowest BCUT2D eigenvalue weighted by atomic mass is 9.87. The van der Waals surface area contributed by atoms with Crippen molar-refractivity contribution in [1.29, 1.82) is 0 Å². The van der Waals surface area contributed by atoms with Crippen LogP contribution in [0.2, 0.25) is 0 Å². The zero-order valence-electron chi connectivity index (χ0n) is 8.16. The predicted molar refractivity (Wildman–Crippen MR) is 55.7 cm³/mol. The molecule has 76 valence electrons. The van der Waals surface area contributed by atoms with Gasteiger partial charge in [-0.3, -0.25) is 4.79 Å². The third kappa shape index (κ3) is 4.14. The van der Waals surface area contributed by atoms with E-state index in [9.17, 15) is 4.79 Å². The van der Waals surface area contributed by atoms with Gasteiger partial charge < -0.3 is 5.11 Å². The molecule has 0 atom stereocenters. The minimum Gasteiger partial charge on any atom is -0.396 e. The first kappa shape index (κ1) is 11.1. The summed E-state index contributed by atoms with van der Waals surface area (Å²) in [5, 5.41) is 9.56. The number of aliphatic hydroxyl groups is 1. The van der Waals surface area contributed by atoms with Crippen molar-refractivity contribution in [2.75, 3.05) is 6.61 Å². The van der Waals surface area contributed by atoms with E-state index in [1.807, 2.05) is 0 Å². The molecule has 1 fully saturated rings. The Morgan fingerprint density at radius 1 is 1.38 bits per heavy atom. The van der Waals surface area contributed by atoms with Crippen LogP contribution in [0.1, 0.15) is 39.0 Å². The zero-order valence-corrected chi connectivity index (χ0v) is 8.98. The molecule has 0 aromatic rings. The maximum Gasteiger partial charge on any atom is 0.186 e. The molecule has 1 N–H and O–H groups in total. The fourth-order valence-electron chi connectivity index (χ4n) is 1.96. The first-order valence-electron chi connectivity index (χ1n) is 5.00. The van der Waals surface area contributed by atoms with Crippen LogP contribution in [0.5, 0.6) is 0 Å². The number of carbonyl (C=O) groups is 1. The van der Waals surface area contributed by atoms with Gasteiger partial charge in [0.25, 0.3) is 0 Å². The third-order valence-electron chi connectivity index (χ3n) is 2.66. The van der Waals surface area contributed by atoms with Crippen molar-refractivity contribution in [3.05, 3.63) is 0 Å². The SMILES string of the molecule is CC(=O)SC1CCC(CCO)CC1. The Balaban J connectivity index is 2.18. The quantitative estimate of drug-likeness (QED) is 0.762. The van der Waals surface area contributed by atoms with Gasteiger partial charge in [-0.15, -0.1) is 0 Å². The predicted octanol–water partition coefficient (Wildman–Crippen LogP) is 2.21. The van der Waals surface area contributed by atoms with Crippen LogP contribution in [0, 0.1) is 5.92 Å². The average Bonchev–Trinajstić information content (AvgIpc) is 2.08. The van der Waals surface area contributed by atoms with Crippen LogP contribution in [0.15, 0.2) is 0 Å². The Bertz CT molecular complexity index is 162. The number of hydrogen-bond acceptors (Lipinski definition) is 3. The minimum atomic E-state index is 0.241. The maximum atomic E-state index is 10.8. The molecule has 13 heavy (non-hydrogen) atoms. The smallest absolute Gasteiger partial charge is 0.186 e. The molecule has 0 unspecified atom stereocenters. The van der Waals surface area contributed by atoms with Crippen molar-refractivity contribution < 1.29 is 9.90 Å². The summed E-state index contributed by atoms with van der Waals surface area (Å²) in [6.07, 6.45) is 5.61. The van der Waals surface area contributed by atoms with Gasteiger partial charge in [-0.2, -0.15) is 0 Å². The molecule has 0 heterocycles. The molecule has 1 rings (SSSR count). The fraction of sp³-hybridized carbons (Fsp3) is 0.900. The summed E-state index contributed by atoms with van der Waals surface area (Å²) in [6.45, 7) is 1.96. The van der Waals surface area contributed by atoms with Crippen LogP contribution >= 0.6 is 11.8 Å². The second kappa shape index (κ2) is 5.66. The van der Waals surface area contributed by atoms with Crippen molar-refractivity contribution in [2.45, 2.75) is 44.3 Å². The van der Waals surface area contributed by atoms with E-state index in [-0.39, 0.29) is 5.12 Å². The topological polar surface area (TPSA) is 37.3 Å². The molecule has 0 amide bonds. The van der Waals surface area contributed by atoms with E-state index in [0.717, 1.165) is 19.3 Å². The molecular formula is C10H18O2S. The molecular weight excluding hydrogens is 184 g/mol. The van der Waals surface area contributed by atoms with Crippen LogP contribution in [-0.4, -0.2) is 22.1 Å². The van der Waals surface area contributed by atoms with Crippen molar-refractivity contribution in [3.63, 3.8) is 0 Å². The van der Waals surface area contributed by atoms with Gasteiger partial charge in [-0.25, -0.2) is 0 Å². The van der Waals surface area contributed by atoms with E-state index in [2.05, 4.69) is 0 Å². The Labute approximate surface area is 84.1 Å². The maximum absolute atomic E-state index is 10.8. The van der Waals surface area contributed by atoms with E-state index in [4.69, 9.17) is 5.11 Å². The fourth-order valence-corrected chi connectivity index (χ4v) is 2.93. The van der Waals surface area contributed by atoms with Crippen molar-refractivity contribution >= 4 is 16.9 Å². The largest absolute Gasteiger partial charge is 0.396 e. The average molecular weight is 202 g/mol. The van der Waals surface area contributed by atoms with Crippen molar-refractivity contribution in [3.8, 4) is 0 Å².